The Morgan fingerprint density at radius 2 is 1.79 bits per heavy atom. The van der Waals surface area contributed by atoms with Crippen LogP contribution in [0.1, 0.15) is 12.5 Å². The molecule has 0 aromatic heterocycles. The average molecular weight is 417 g/mol. The van der Waals surface area contributed by atoms with Crippen LogP contribution in [-0.4, -0.2) is 55.8 Å². The molecule has 1 aliphatic rings. The fourth-order valence-electron chi connectivity index (χ4n) is 3.05. The Morgan fingerprint density at radius 3 is 2.38 bits per heavy atom. The second-order valence-electron chi connectivity index (χ2n) is 6.58. The van der Waals surface area contributed by atoms with Gasteiger partial charge in [-0.2, -0.15) is 9.57 Å². The number of nitrogens with zero attached hydrogens (tertiary/aromatic N) is 3. The monoisotopic (exact) mass is 417 g/mol. The molecule has 0 N–H and O–H groups in total. The summed E-state index contributed by atoms with van der Waals surface area (Å²) in [4.78, 5) is 14.1. The van der Waals surface area contributed by atoms with Crippen molar-refractivity contribution in [2.24, 2.45) is 0 Å². The molecular weight excluding hydrogens is 397 g/mol. The maximum atomic E-state index is 13.4. The van der Waals surface area contributed by atoms with Gasteiger partial charge in [-0.15, -0.1) is 0 Å². The number of hydrogen-bond donors (Lipinski definition) is 0. The van der Waals surface area contributed by atoms with Crippen molar-refractivity contribution in [3.63, 3.8) is 0 Å². The number of amides is 1. The number of sulfonamides is 1. The Bertz CT molecular complexity index is 1030. The molecule has 0 radical (unpaired) electrons. The summed E-state index contributed by atoms with van der Waals surface area (Å²) in [5.41, 5.74) is 0.493. The van der Waals surface area contributed by atoms with Gasteiger partial charge in [-0.25, -0.2) is 12.8 Å². The summed E-state index contributed by atoms with van der Waals surface area (Å²) in [6.07, 6.45) is -0.755. The lowest BCUT2D eigenvalue weighted by Crippen LogP contribution is -2.53. The van der Waals surface area contributed by atoms with E-state index in [0.717, 1.165) is 6.07 Å². The van der Waals surface area contributed by atoms with Gasteiger partial charge in [0.05, 0.1) is 16.5 Å². The molecule has 152 valence electrons. The van der Waals surface area contributed by atoms with Gasteiger partial charge in [-0.05, 0) is 49.4 Å². The van der Waals surface area contributed by atoms with Crippen LogP contribution in [0.3, 0.4) is 0 Å². The van der Waals surface area contributed by atoms with Gasteiger partial charge in [-0.3, -0.25) is 4.79 Å². The van der Waals surface area contributed by atoms with Gasteiger partial charge < -0.3 is 9.64 Å². The summed E-state index contributed by atoms with van der Waals surface area (Å²) >= 11 is 0. The molecule has 7 nitrogen and oxygen atoms in total. The third-order valence-corrected chi connectivity index (χ3v) is 6.52. The molecule has 2 aromatic carbocycles. The molecule has 2 aromatic rings. The van der Waals surface area contributed by atoms with Crippen molar-refractivity contribution in [1.82, 2.24) is 9.21 Å². The topological polar surface area (TPSA) is 90.7 Å². The number of carbonyl (C=O) groups is 1. The van der Waals surface area contributed by atoms with E-state index < -0.39 is 21.9 Å². The second kappa shape index (κ2) is 8.59. The lowest BCUT2D eigenvalue weighted by molar-refractivity contribution is -0.139. The van der Waals surface area contributed by atoms with E-state index in [0.29, 0.717) is 11.3 Å². The molecule has 0 aliphatic carbocycles. The molecular formula is C20H20FN3O4S. The first-order valence-electron chi connectivity index (χ1n) is 9.02. The first-order valence-corrected chi connectivity index (χ1v) is 10.5. The van der Waals surface area contributed by atoms with Crippen molar-refractivity contribution in [2.75, 3.05) is 26.2 Å². The molecule has 1 saturated heterocycles. The summed E-state index contributed by atoms with van der Waals surface area (Å²) in [6, 6.07) is 13.3. The number of rotatable bonds is 5. The molecule has 0 unspecified atom stereocenters. The third-order valence-electron chi connectivity index (χ3n) is 4.63. The van der Waals surface area contributed by atoms with Gasteiger partial charge in [0.25, 0.3) is 5.91 Å². The minimum atomic E-state index is -3.81. The normalized spacial score (nSPS) is 16.1. The van der Waals surface area contributed by atoms with E-state index in [1.54, 1.807) is 36.1 Å². The molecule has 29 heavy (non-hydrogen) atoms. The maximum absolute atomic E-state index is 13.4. The van der Waals surface area contributed by atoms with Crippen molar-refractivity contribution >= 4 is 15.9 Å². The zero-order valence-electron chi connectivity index (χ0n) is 15.8. The minimum absolute atomic E-state index is 0.102. The van der Waals surface area contributed by atoms with E-state index in [9.17, 15) is 17.6 Å². The minimum Gasteiger partial charge on any atom is -0.481 e. The zero-order chi connectivity index (χ0) is 21.0. The number of nitriles is 1. The standard InChI is InChI=1S/C20H20FN3O4S/c1-15(28-18-7-5-16(14-22)6-8-18)20(25)23-9-11-24(12-10-23)29(26,27)19-4-2-3-17(21)13-19/h2-8,13,15H,9-12H2,1H3/t15-/m1/s1. The highest BCUT2D eigenvalue weighted by atomic mass is 32.2. The smallest absolute Gasteiger partial charge is 0.263 e. The first kappa shape index (κ1) is 20.8. The Morgan fingerprint density at radius 1 is 1.14 bits per heavy atom. The van der Waals surface area contributed by atoms with Crippen molar-refractivity contribution in [1.29, 1.82) is 5.26 Å². The quantitative estimate of drug-likeness (QED) is 0.742. The predicted molar refractivity (Wildman–Crippen MR) is 103 cm³/mol. The summed E-state index contributed by atoms with van der Waals surface area (Å²) in [6.45, 7) is 2.29. The fourth-order valence-corrected chi connectivity index (χ4v) is 4.50. The maximum Gasteiger partial charge on any atom is 0.263 e. The molecule has 9 heteroatoms. The number of carbonyl (C=O) groups excluding carboxylic acids is 1. The Labute approximate surface area is 169 Å². The fraction of sp³-hybridized carbons (Fsp3) is 0.300. The highest BCUT2D eigenvalue weighted by Gasteiger charge is 2.32. The van der Waals surface area contributed by atoms with Gasteiger partial charge in [0.2, 0.25) is 10.0 Å². The van der Waals surface area contributed by atoms with Crippen molar-refractivity contribution in [3.8, 4) is 11.8 Å². The second-order valence-corrected chi connectivity index (χ2v) is 8.52. The molecule has 0 saturated carbocycles. The van der Waals surface area contributed by atoms with Crippen LogP contribution in [0.4, 0.5) is 4.39 Å². The number of ether oxygens (including phenoxy) is 1. The highest BCUT2D eigenvalue weighted by Crippen LogP contribution is 2.19. The molecule has 1 heterocycles. The summed E-state index contributed by atoms with van der Waals surface area (Å²) in [5, 5.41) is 8.82. The van der Waals surface area contributed by atoms with Crippen molar-refractivity contribution in [2.45, 2.75) is 17.9 Å². The van der Waals surface area contributed by atoms with E-state index >= 15 is 0 Å². The Balaban J connectivity index is 1.59. The summed E-state index contributed by atoms with van der Waals surface area (Å²) in [5.74, 6) is -0.400. The van der Waals surface area contributed by atoms with Crippen LogP contribution in [-0.2, 0) is 14.8 Å². The van der Waals surface area contributed by atoms with Crippen LogP contribution in [0.25, 0.3) is 0 Å². The number of halogens is 1. The largest absolute Gasteiger partial charge is 0.481 e. The van der Waals surface area contributed by atoms with Crippen LogP contribution in [0.15, 0.2) is 53.4 Å². The lowest BCUT2D eigenvalue weighted by atomic mass is 10.2. The van der Waals surface area contributed by atoms with Crippen molar-refractivity contribution in [3.05, 3.63) is 59.9 Å². The van der Waals surface area contributed by atoms with Gasteiger partial charge >= 0.3 is 0 Å². The van der Waals surface area contributed by atoms with E-state index in [1.807, 2.05) is 6.07 Å². The van der Waals surface area contributed by atoms with E-state index in [2.05, 4.69) is 0 Å². The van der Waals surface area contributed by atoms with Gasteiger partial charge in [-0.1, -0.05) is 6.07 Å². The van der Waals surface area contributed by atoms with Gasteiger partial charge in [0, 0.05) is 26.2 Å². The summed E-state index contributed by atoms with van der Waals surface area (Å²) < 4.78 is 45.6. The predicted octanol–water partition coefficient (Wildman–Crippen LogP) is 2.00. The van der Waals surface area contributed by atoms with E-state index in [1.165, 1.54) is 22.5 Å². The Hall–Kier alpha value is -2.96. The van der Waals surface area contributed by atoms with Crippen LogP contribution in [0.5, 0.6) is 5.75 Å². The molecule has 0 spiro atoms. The van der Waals surface area contributed by atoms with E-state index in [4.69, 9.17) is 10.00 Å². The molecule has 1 aliphatic heterocycles. The molecule has 1 amide bonds. The third kappa shape index (κ3) is 4.72. The molecule has 1 fully saturated rings. The van der Waals surface area contributed by atoms with Crippen LogP contribution in [0.2, 0.25) is 0 Å². The first-order chi connectivity index (χ1) is 13.8. The number of hydrogen-bond acceptors (Lipinski definition) is 5. The highest BCUT2D eigenvalue weighted by molar-refractivity contribution is 7.89. The molecule has 0 bridgehead atoms. The van der Waals surface area contributed by atoms with Gasteiger partial charge in [0.15, 0.2) is 6.10 Å². The average Bonchev–Trinajstić information content (AvgIpc) is 2.74. The zero-order valence-corrected chi connectivity index (χ0v) is 16.6. The summed E-state index contributed by atoms with van der Waals surface area (Å²) in [7, 11) is -3.81. The van der Waals surface area contributed by atoms with Gasteiger partial charge in [0.1, 0.15) is 11.6 Å². The SMILES string of the molecule is C[C@@H](Oc1ccc(C#N)cc1)C(=O)N1CCN(S(=O)(=O)c2cccc(F)c2)CC1. The lowest BCUT2D eigenvalue weighted by Gasteiger charge is -2.35. The van der Waals surface area contributed by atoms with Crippen LogP contribution >= 0.6 is 0 Å². The van der Waals surface area contributed by atoms with Crippen LogP contribution in [0, 0.1) is 17.1 Å². The van der Waals surface area contributed by atoms with Crippen molar-refractivity contribution < 1.29 is 22.3 Å². The number of piperazine rings is 1. The van der Waals surface area contributed by atoms with Crippen LogP contribution < -0.4 is 4.74 Å². The Kier molecular flexibility index (Phi) is 6.15. The molecule has 3 rings (SSSR count). The molecule has 1 atom stereocenters. The number of benzene rings is 2. The van der Waals surface area contributed by atoms with E-state index in [-0.39, 0.29) is 37.0 Å².